The molecule has 1 aromatic rings. The van der Waals surface area contributed by atoms with E-state index in [0.29, 0.717) is 23.4 Å². The Balaban J connectivity index is 2.03. The van der Waals surface area contributed by atoms with Gasteiger partial charge in [0.05, 0.1) is 0 Å². The zero-order valence-corrected chi connectivity index (χ0v) is 11.9. The van der Waals surface area contributed by atoms with Crippen LogP contribution in [-0.4, -0.2) is 11.9 Å². The second kappa shape index (κ2) is 5.79. The highest BCUT2D eigenvalue weighted by atomic mass is 32.1. The molecule has 0 bridgehead atoms. The Bertz CT molecular complexity index is 432. The van der Waals surface area contributed by atoms with Gasteiger partial charge in [-0.05, 0) is 36.5 Å². The summed E-state index contributed by atoms with van der Waals surface area (Å²) in [4.78, 5) is 13.0. The average molecular weight is 263 g/mol. The van der Waals surface area contributed by atoms with Crippen molar-refractivity contribution in [1.29, 1.82) is 0 Å². The predicted octanol–water partition coefficient (Wildman–Crippen LogP) is 3.53. The molecule has 1 aliphatic rings. The lowest BCUT2D eigenvalue weighted by molar-refractivity contribution is 0.0891. The third-order valence-corrected chi connectivity index (χ3v) is 4.41. The van der Waals surface area contributed by atoms with Crippen LogP contribution in [0, 0.1) is 11.8 Å². The van der Waals surface area contributed by atoms with Gasteiger partial charge in [-0.1, -0.05) is 32.8 Å². The summed E-state index contributed by atoms with van der Waals surface area (Å²) in [5, 5.41) is 3.17. The molecule has 2 nitrogen and oxygen atoms in total. The molecule has 0 radical (unpaired) electrons. The topological polar surface area (TPSA) is 29.1 Å². The van der Waals surface area contributed by atoms with Gasteiger partial charge in [-0.2, -0.15) is 0 Å². The molecule has 0 aromatic heterocycles. The quantitative estimate of drug-likeness (QED) is 0.785. The molecule has 1 aromatic carbocycles. The molecule has 0 aliphatic heterocycles. The monoisotopic (exact) mass is 263 g/mol. The van der Waals surface area contributed by atoms with Crippen LogP contribution in [0.15, 0.2) is 29.2 Å². The summed E-state index contributed by atoms with van der Waals surface area (Å²) in [6.07, 6.45) is 3.58. The van der Waals surface area contributed by atoms with Gasteiger partial charge in [0.15, 0.2) is 0 Å². The smallest absolute Gasteiger partial charge is 0.251 e. The number of thiol groups is 1. The second-order valence-electron chi connectivity index (χ2n) is 5.40. The van der Waals surface area contributed by atoms with Crippen LogP contribution < -0.4 is 5.32 Å². The summed E-state index contributed by atoms with van der Waals surface area (Å²) >= 11 is 4.27. The molecule has 1 saturated carbocycles. The number of amides is 1. The summed E-state index contributed by atoms with van der Waals surface area (Å²) in [6.45, 7) is 4.52. The maximum Gasteiger partial charge on any atom is 0.251 e. The molecule has 3 heteroatoms. The fraction of sp³-hybridized carbons (Fsp3) is 0.533. The van der Waals surface area contributed by atoms with E-state index in [4.69, 9.17) is 0 Å². The van der Waals surface area contributed by atoms with Crippen molar-refractivity contribution in [3.05, 3.63) is 29.8 Å². The van der Waals surface area contributed by atoms with E-state index in [1.807, 2.05) is 24.3 Å². The minimum absolute atomic E-state index is 0.0249. The highest BCUT2D eigenvalue weighted by Gasteiger charge is 2.28. The molecule has 1 N–H and O–H groups in total. The molecule has 1 amide bonds. The highest BCUT2D eigenvalue weighted by Crippen LogP contribution is 2.29. The Morgan fingerprint density at radius 1 is 1.33 bits per heavy atom. The summed E-state index contributed by atoms with van der Waals surface area (Å²) in [7, 11) is 0. The standard InChI is InChI=1S/C15H21NOS/c1-10-5-3-8-14(11(10)2)16-15(17)12-6-4-7-13(18)9-12/h4,6-7,9-11,14,18H,3,5,8H2,1-2H3,(H,16,17). The summed E-state index contributed by atoms with van der Waals surface area (Å²) in [5.74, 6) is 1.28. The second-order valence-corrected chi connectivity index (χ2v) is 5.91. The van der Waals surface area contributed by atoms with E-state index in [-0.39, 0.29) is 5.91 Å². The van der Waals surface area contributed by atoms with E-state index in [1.54, 1.807) is 0 Å². The first-order valence-corrected chi connectivity index (χ1v) is 7.12. The van der Waals surface area contributed by atoms with Crippen molar-refractivity contribution in [2.45, 2.75) is 44.0 Å². The van der Waals surface area contributed by atoms with Crippen molar-refractivity contribution in [1.82, 2.24) is 5.32 Å². The van der Waals surface area contributed by atoms with Gasteiger partial charge in [0, 0.05) is 16.5 Å². The lowest BCUT2D eigenvalue weighted by Crippen LogP contribution is -2.43. The van der Waals surface area contributed by atoms with E-state index >= 15 is 0 Å². The van der Waals surface area contributed by atoms with Gasteiger partial charge in [0.25, 0.3) is 5.91 Å². The van der Waals surface area contributed by atoms with Crippen LogP contribution in [0.5, 0.6) is 0 Å². The van der Waals surface area contributed by atoms with Crippen molar-refractivity contribution in [2.24, 2.45) is 11.8 Å². The molecule has 2 rings (SSSR count). The fourth-order valence-corrected chi connectivity index (χ4v) is 2.91. The van der Waals surface area contributed by atoms with Crippen LogP contribution in [-0.2, 0) is 0 Å². The predicted molar refractivity (Wildman–Crippen MR) is 77.1 cm³/mol. The number of benzene rings is 1. The van der Waals surface area contributed by atoms with Crippen molar-refractivity contribution < 1.29 is 4.79 Å². The number of rotatable bonds is 2. The van der Waals surface area contributed by atoms with Gasteiger partial charge >= 0.3 is 0 Å². The maximum absolute atomic E-state index is 12.2. The first kappa shape index (κ1) is 13.5. The van der Waals surface area contributed by atoms with Gasteiger partial charge in [-0.3, -0.25) is 4.79 Å². The Labute approximate surface area is 115 Å². The molecule has 3 atom stereocenters. The number of carbonyl (C=O) groups is 1. The SMILES string of the molecule is CC1CCCC(NC(=O)c2cccc(S)c2)C1C. The summed E-state index contributed by atoms with van der Waals surface area (Å²) in [6, 6.07) is 7.71. The van der Waals surface area contributed by atoms with Gasteiger partial charge < -0.3 is 5.32 Å². The fourth-order valence-electron chi connectivity index (χ4n) is 2.68. The molecule has 18 heavy (non-hydrogen) atoms. The Morgan fingerprint density at radius 2 is 2.11 bits per heavy atom. The first-order chi connectivity index (χ1) is 8.58. The Kier molecular flexibility index (Phi) is 4.33. The molecular formula is C15H21NOS. The molecule has 0 saturated heterocycles. The average Bonchev–Trinajstić information content (AvgIpc) is 2.35. The number of hydrogen-bond acceptors (Lipinski definition) is 2. The number of nitrogens with one attached hydrogen (secondary N) is 1. The zero-order chi connectivity index (χ0) is 13.1. The number of carbonyl (C=O) groups excluding carboxylic acids is 1. The third-order valence-electron chi connectivity index (χ3n) is 4.13. The van der Waals surface area contributed by atoms with Crippen LogP contribution in [0.2, 0.25) is 0 Å². The van der Waals surface area contributed by atoms with E-state index in [2.05, 4.69) is 31.8 Å². The van der Waals surface area contributed by atoms with Gasteiger partial charge in [-0.25, -0.2) is 0 Å². The van der Waals surface area contributed by atoms with E-state index < -0.39 is 0 Å². The van der Waals surface area contributed by atoms with Gasteiger partial charge in [0.1, 0.15) is 0 Å². The third kappa shape index (κ3) is 3.08. The summed E-state index contributed by atoms with van der Waals surface area (Å²) in [5.41, 5.74) is 0.702. The van der Waals surface area contributed by atoms with Crippen LogP contribution in [0.4, 0.5) is 0 Å². The van der Waals surface area contributed by atoms with Crippen molar-refractivity contribution in [2.75, 3.05) is 0 Å². The highest BCUT2D eigenvalue weighted by molar-refractivity contribution is 7.80. The van der Waals surface area contributed by atoms with Gasteiger partial charge in [-0.15, -0.1) is 12.6 Å². The molecule has 0 spiro atoms. The maximum atomic E-state index is 12.2. The summed E-state index contributed by atoms with van der Waals surface area (Å²) < 4.78 is 0. The lowest BCUT2D eigenvalue weighted by atomic mass is 9.78. The van der Waals surface area contributed by atoms with Crippen LogP contribution >= 0.6 is 12.6 Å². The number of hydrogen-bond donors (Lipinski definition) is 2. The largest absolute Gasteiger partial charge is 0.349 e. The van der Waals surface area contributed by atoms with E-state index in [0.717, 1.165) is 11.3 Å². The molecule has 3 unspecified atom stereocenters. The lowest BCUT2D eigenvalue weighted by Gasteiger charge is -2.34. The van der Waals surface area contributed by atoms with Crippen LogP contribution in [0.3, 0.4) is 0 Å². The van der Waals surface area contributed by atoms with Crippen molar-refractivity contribution in [3.8, 4) is 0 Å². The normalized spacial score (nSPS) is 27.8. The van der Waals surface area contributed by atoms with Crippen LogP contribution in [0.25, 0.3) is 0 Å². The van der Waals surface area contributed by atoms with Crippen molar-refractivity contribution in [3.63, 3.8) is 0 Å². The van der Waals surface area contributed by atoms with E-state index in [1.165, 1.54) is 12.8 Å². The molecular weight excluding hydrogens is 242 g/mol. The molecule has 98 valence electrons. The first-order valence-electron chi connectivity index (χ1n) is 6.68. The van der Waals surface area contributed by atoms with E-state index in [9.17, 15) is 4.79 Å². The minimum Gasteiger partial charge on any atom is -0.349 e. The molecule has 1 aliphatic carbocycles. The Morgan fingerprint density at radius 3 is 2.83 bits per heavy atom. The van der Waals surface area contributed by atoms with Crippen molar-refractivity contribution >= 4 is 18.5 Å². The van der Waals surface area contributed by atoms with Crippen LogP contribution in [0.1, 0.15) is 43.5 Å². The Hall–Kier alpha value is -0.960. The minimum atomic E-state index is 0.0249. The zero-order valence-electron chi connectivity index (χ0n) is 11.0. The van der Waals surface area contributed by atoms with Gasteiger partial charge in [0.2, 0.25) is 0 Å². The molecule has 0 heterocycles. The molecule has 1 fully saturated rings.